The van der Waals surface area contributed by atoms with Crippen LogP contribution >= 0.6 is 23.5 Å². The van der Waals surface area contributed by atoms with Crippen molar-refractivity contribution in [1.82, 2.24) is 40.7 Å². The van der Waals surface area contributed by atoms with E-state index in [0.29, 0.717) is 10.7 Å². The number of carboxylic acids is 1. The SMILES string of the molecule is Cn1nnnc1SCC1=C(C(=O)O)N2C(=O)[C@@H](NC(=O)[C@H](NC(=O)c3c[nH]ccc3=O)c3ccc(O)cc3)[C@H]2SC1. The van der Waals surface area contributed by atoms with Crippen LogP contribution in [0.1, 0.15) is 22.0 Å². The molecular weight excluding hydrogens is 576 g/mol. The minimum atomic E-state index is -1.33. The molecule has 5 rings (SSSR count). The second-order valence-electron chi connectivity index (χ2n) is 8.95. The van der Waals surface area contributed by atoms with Crippen molar-refractivity contribution in [3.8, 4) is 5.75 Å². The van der Waals surface area contributed by atoms with E-state index in [9.17, 15) is 34.2 Å². The zero-order chi connectivity index (χ0) is 29.3. The molecule has 2 aliphatic rings. The number of tetrazole rings is 1. The van der Waals surface area contributed by atoms with Crippen LogP contribution in [0.4, 0.5) is 0 Å². The number of aromatic nitrogens is 5. The molecule has 0 bridgehead atoms. The van der Waals surface area contributed by atoms with Gasteiger partial charge in [-0.1, -0.05) is 23.9 Å². The summed E-state index contributed by atoms with van der Waals surface area (Å²) in [4.78, 5) is 67.6. The van der Waals surface area contributed by atoms with Crippen molar-refractivity contribution < 1.29 is 29.4 Å². The van der Waals surface area contributed by atoms with Crippen molar-refractivity contribution in [3.05, 3.63) is 75.3 Å². The summed E-state index contributed by atoms with van der Waals surface area (Å²) in [5, 5.41) is 35.7. The first kappa shape index (κ1) is 27.9. The number of aromatic amines is 1. The summed E-state index contributed by atoms with van der Waals surface area (Å²) in [5.41, 5.74) is -0.154. The molecule has 0 saturated carbocycles. The number of aliphatic carboxylic acids is 1. The zero-order valence-electron chi connectivity index (χ0n) is 21.2. The van der Waals surface area contributed by atoms with Crippen molar-refractivity contribution in [2.75, 3.05) is 11.5 Å². The molecule has 3 atom stereocenters. The summed E-state index contributed by atoms with van der Waals surface area (Å²) in [6, 6.07) is 4.25. The van der Waals surface area contributed by atoms with Crippen molar-refractivity contribution >= 4 is 47.2 Å². The lowest BCUT2D eigenvalue weighted by Crippen LogP contribution is -2.71. The molecule has 3 amide bonds. The monoisotopic (exact) mass is 598 g/mol. The van der Waals surface area contributed by atoms with Gasteiger partial charge in [0.25, 0.3) is 11.8 Å². The van der Waals surface area contributed by atoms with Crippen LogP contribution < -0.4 is 16.1 Å². The topological polar surface area (TPSA) is 212 Å². The van der Waals surface area contributed by atoms with Crippen molar-refractivity contribution in [1.29, 1.82) is 0 Å². The molecule has 2 aromatic heterocycles. The van der Waals surface area contributed by atoms with Crippen molar-refractivity contribution in [2.45, 2.75) is 22.6 Å². The summed E-state index contributed by atoms with van der Waals surface area (Å²) in [6.45, 7) is 0. The number of hydrogen-bond donors (Lipinski definition) is 5. The van der Waals surface area contributed by atoms with Gasteiger partial charge in [-0.2, -0.15) is 0 Å². The molecule has 4 heterocycles. The molecule has 0 aliphatic carbocycles. The van der Waals surface area contributed by atoms with Gasteiger partial charge in [-0.3, -0.25) is 24.1 Å². The van der Waals surface area contributed by atoms with Crippen LogP contribution in [0.3, 0.4) is 0 Å². The second kappa shape index (κ2) is 11.5. The van der Waals surface area contributed by atoms with Gasteiger partial charge >= 0.3 is 5.97 Å². The summed E-state index contributed by atoms with van der Waals surface area (Å²) in [5.74, 6) is -3.02. The van der Waals surface area contributed by atoms with Gasteiger partial charge in [-0.15, -0.1) is 16.9 Å². The first-order valence-electron chi connectivity index (χ1n) is 12.0. The second-order valence-corrected chi connectivity index (χ2v) is 11.0. The summed E-state index contributed by atoms with van der Waals surface area (Å²) in [6.07, 6.45) is 2.56. The summed E-state index contributed by atoms with van der Waals surface area (Å²) in [7, 11) is 1.65. The lowest BCUT2D eigenvalue weighted by atomic mass is 10.0. The quantitative estimate of drug-likeness (QED) is 0.157. The van der Waals surface area contributed by atoms with Gasteiger partial charge in [0.1, 0.15) is 34.5 Å². The van der Waals surface area contributed by atoms with Gasteiger partial charge < -0.3 is 25.8 Å². The van der Waals surface area contributed by atoms with Crippen LogP contribution in [-0.4, -0.2) is 86.9 Å². The fourth-order valence-corrected chi connectivity index (χ4v) is 6.63. The Labute approximate surface area is 239 Å². The first-order chi connectivity index (χ1) is 19.7. The highest BCUT2D eigenvalue weighted by atomic mass is 32.2. The Hall–Kier alpha value is -4.64. The van der Waals surface area contributed by atoms with Gasteiger partial charge in [0.05, 0.1) is 0 Å². The molecular formula is C24H22N8O7S2. The lowest BCUT2D eigenvalue weighted by Gasteiger charge is -2.49. The highest BCUT2D eigenvalue weighted by molar-refractivity contribution is 8.01. The maximum absolute atomic E-state index is 13.4. The third-order valence-electron chi connectivity index (χ3n) is 6.34. The van der Waals surface area contributed by atoms with Gasteiger partial charge in [0, 0.05) is 37.0 Å². The number of nitrogens with zero attached hydrogens (tertiary/aromatic N) is 5. The van der Waals surface area contributed by atoms with Crippen LogP contribution in [-0.2, 0) is 21.4 Å². The van der Waals surface area contributed by atoms with Gasteiger partial charge in [0.2, 0.25) is 11.1 Å². The molecule has 41 heavy (non-hydrogen) atoms. The standard InChI is InChI=1S/C24H22N8O7S2/c1-31-24(28-29-30-31)41-10-12-9-40-22-17(21(37)32(22)18(12)23(38)39)27-20(36)16(11-2-4-13(33)5-3-11)26-19(35)14-8-25-7-6-15(14)34/h2-8,16-17,22,33H,9-10H2,1H3,(H,25,34)(H,26,35)(H,27,36)(H,38,39)/t16-,17-,22-/m1/s1. The molecule has 0 unspecified atom stereocenters. The van der Waals surface area contributed by atoms with Crippen LogP contribution in [0.25, 0.3) is 0 Å². The zero-order valence-corrected chi connectivity index (χ0v) is 22.8. The first-order valence-corrected chi connectivity index (χ1v) is 14.0. The van der Waals surface area contributed by atoms with E-state index < -0.39 is 46.6 Å². The Kier molecular flexibility index (Phi) is 7.80. The minimum Gasteiger partial charge on any atom is -0.508 e. The van der Waals surface area contributed by atoms with E-state index in [4.69, 9.17) is 0 Å². The highest BCUT2D eigenvalue weighted by Gasteiger charge is 2.54. The molecule has 3 aromatic rings. The van der Waals surface area contributed by atoms with Crippen molar-refractivity contribution in [2.24, 2.45) is 7.05 Å². The number of rotatable bonds is 9. The number of H-pyrrole nitrogens is 1. The van der Waals surface area contributed by atoms with E-state index in [1.807, 2.05) is 0 Å². The predicted molar refractivity (Wildman–Crippen MR) is 145 cm³/mol. The Balaban J connectivity index is 1.34. The molecule has 1 aromatic carbocycles. The van der Waals surface area contributed by atoms with E-state index in [2.05, 4.69) is 31.1 Å². The largest absolute Gasteiger partial charge is 0.508 e. The van der Waals surface area contributed by atoms with E-state index in [1.165, 1.54) is 64.9 Å². The van der Waals surface area contributed by atoms with Gasteiger partial charge in [0.15, 0.2) is 5.43 Å². The average molecular weight is 599 g/mol. The third kappa shape index (κ3) is 5.53. The molecule has 1 fully saturated rings. The number of aromatic hydroxyl groups is 1. The summed E-state index contributed by atoms with van der Waals surface area (Å²) < 4.78 is 1.45. The average Bonchev–Trinajstić information content (AvgIpc) is 3.37. The molecule has 5 N–H and O–H groups in total. The Bertz CT molecular complexity index is 1620. The van der Waals surface area contributed by atoms with Gasteiger partial charge in [-0.25, -0.2) is 9.48 Å². The number of fused-ring (bicyclic) bond motifs is 1. The number of aryl methyl sites for hydroxylation is 1. The Morgan fingerprint density at radius 1 is 1.22 bits per heavy atom. The molecule has 1 saturated heterocycles. The normalized spacial score (nSPS) is 18.8. The number of thioether (sulfide) groups is 2. The van der Waals surface area contributed by atoms with E-state index >= 15 is 0 Å². The number of carbonyl (C=O) groups is 4. The maximum atomic E-state index is 13.4. The smallest absolute Gasteiger partial charge is 0.352 e. The van der Waals surface area contributed by atoms with Crippen molar-refractivity contribution in [3.63, 3.8) is 0 Å². The summed E-state index contributed by atoms with van der Waals surface area (Å²) >= 11 is 2.52. The number of hydrogen-bond acceptors (Lipinski definition) is 11. The number of amides is 3. The fourth-order valence-electron chi connectivity index (χ4n) is 4.30. The molecule has 17 heteroatoms. The lowest BCUT2D eigenvalue weighted by molar-refractivity contribution is -0.151. The molecule has 2 aliphatic heterocycles. The number of pyridine rings is 1. The van der Waals surface area contributed by atoms with E-state index in [0.717, 1.165) is 11.0 Å². The van der Waals surface area contributed by atoms with Crippen LogP contribution in [0, 0.1) is 0 Å². The Morgan fingerprint density at radius 2 is 1.98 bits per heavy atom. The number of phenolic OH excluding ortho intramolecular Hbond substituents is 1. The number of benzene rings is 1. The number of β-lactam (4-membered cyclic amide) rings is 1. The molecule has 0 radical (unpaired) electrons. The number of phenols is 1. The molecule has 15 nitrogen and oxygen atoms in total. The third-order valence-corrected chi connectivity index (χ3v) is 8.77. The van der Waals surface area contributed by atoms with Crippen LogP contribution in [0.15, 0.2) is 63.9 Å². The number of nitrogens with one attached hydrogen (secondary N) is 3. The Morgan fingerprint density at radius 3 is 2.63 bits per heavy atom. The minimum absolute atomic E-state index is 0.0699. The fraction of sp³-hybridized carbons (Fsp3) is 0.250. The maximum Gasteiger partial charge on any atom is 0.352 e. The van der Waals surface area contributed by atoms with Crippen LogP contribution in [0.5, 0.6) is 5.75 Å². The number of carboxylic acid groups (broad SMARTS) is 1. The van der Waals surface area contributed by atoms with E-state index in [1.54, 1.807) is 7.05 Å². The number of carbonyl (C=O) groups excluding carboxylic acids is 3. The molecule has 212 valence electrons. The van der Waals surface area contributed by atoms with Gasteiger partial charge in [-0.05, 0) is 33.7 Å². The van der Waals surface area contributed by atoms with E-state index in [-0.39, 0.29) is 34.1 Å². The predicted octanol–water partition coefficient (Wildman–Crippen LogP) is -0.394. The highest BCUT2D eigenvalue weighted by Crippen LogP contribution is 2.41. The molecule has 0 spiro atoms. The van der Waals surface area contributed by atoms with Crippen LogP contribution in [0.2, 0.25) is 0 Å².